The van der Waals surface area contributed by atoms with Gasteiger partial charge in [-0.2, -0.15) is 4.31 Å². The third-order valence-corrected chi connectivity index (χ3v) is 7.44. The lowest BCUT2D eigenvalue weighted by Gasteiger charge is -2.41. The number of hydrogen-bond acceptors (Lipinski definition) is 5. The fourth-order valence-corrected chi connectivity index (χ4v) is 5.71. The third kappa shape index (κ3) is 2.89. The molecule has 28 heavy (non-hydrogen) atoms. The van der Waals surface area contributed by atoms with Crippen molar-refractivity contribution in [1.29, 1.82) is 0 Å². The first-order valence-corrected chi connectivity index (χ1v) is 10.8. The van der Waals surface area contributed by atoms with E-state index in [1.165, 1.54) is 21.0 Å². The van der Waals surface area contributed by atoms with Crippen LogP contribution in [0.4, 0.5) is 0 Å². The van der Waals surface area contributed by atoms with Crippen LogP contribution >= 0.6 is 0 Å². The van der Waals surface area contributed by atoms with E-state index in [1.54, 1.807) is 12.3 Å². The van der Waals surface area contributed by atoms with E-state index in [2.05, 4.69) is 5.32 Å². The first-order chi connectivity index (χ1) is 13.2. The Bertz CT molecular complexity index is 1130. The van der Waals surface area contributed by atoms with Gasteiger partial charge in [0.15, 0.2) is 5.58 Å². The average Bonchev–Trinajstić information content (AvgIpc) is 2.99. The van der Waals surface area contributed by atoms with E-state index >= 15 is 0 Å². The van der Waals surface area contributed by atoms with E-state index in [-0.39, 0.29) is 29.0 Å². The second-order valence-electron chi connectivity index (χ2n) is 7.76. The van der Waals surface area contributed by atoms with Crippen LogP contribution in [-0.4, -0.2) is 36.3 Å². The largest absolute Gasteiger partial charge is 0.420 e. The van der Waals surface area contributed by atoms with Crippen LogP contribution in [0.25, 0.3) is 11.1 Å². The highest BCUT2D eigenvalue weighted by atomic mass is 32.2. The molecule has 3 heterocycles. The Balaban J connectivity index is 1.71. The minimum Gasteiger partial charge on any atom is -0.408 e. The molecule has 0 bridgehead atoms. The summed E-state index contributed by atoms with van der Waals surface area (Å²) in [4.78, 5) is 24.6. The summed E-state index contributed by atoms with van der Waals surface area (Å²) < 4.78 is 34.6. The average molecular weight is 405 g/mol. The van der Waals surface area contributed by atoms with Crippen LogP contribution in [0.15, 0.2) is 44.6 Å². The molecule has 2 aliphatic heterocycles. The molecule has 1 fully saturated rings. The van der Waals surface area contributed by atoms with Crippen molar-refractivity contribution in [2.24, 2.45) is 5.41 Å². The predicted molar refractivity (Wildman–Crippen MR) is 103 cm³/mol. The summed E-state index contributed by atoms with van der Waals surface area (Å²) >= 11 is 0. The van der Waals surface area contributed by atoms with E-state index in [0.717, 1.165) is 0 Å². The summed E-state index contributed by atoms with van der Waals surface area (Å²) in [5.74, 6) is -0.646. The predicted octanol–water partition coefficient (Wildman–Crippen LogP) is 1.98. The van der Waals surface area contributed by atoms with Crippen LogP contribution in [0.3, 0.4) is 0 Å². The molecule has 0 unspecified atom stereocenters. The Labute approximate surface area is 162 Å². The van der Waals surface area contributed by atoms with Gasteiger partial charge in [0, 0.05) is 25.2 Å². The number of rotatable bonds is 3. The van der Waals surface area contributed by atoms with Gasteiger partial charge in [-0.25, -0.2) is 13.2 Å². The van der Waals surface area contributed by atoms with Crippen molar-refractivity contribution in [3.8, 4) is 0 Å². The number of oxazole rings is 1. The van der Waals surface area contributed by atoms with E-state index in [9.17, 15) is 18.0 Å². The number of carbonyl (C=O) groups excluding carboxylic acids is 1. The van der Waals surface area contributed by atoms with Crippen LogP contribution in [-0.2, 0) is 14.8 Å². The van der Waals surface area contributed by atoms with Crippen molar-refractivity contribution in [3.05, 3.63) is 41.0 Å². The fraction of sp³-hybridized carbons (Fsp3) is 0.474. The zero-order chi connectivity index (χ0) is 20.1. The number of hydrogen-bond donors (Lipinski definition) is 1. The molecule has 1 aromatic carbocycles. The Kier molecular flexibility index (Phi) is 4.46. The number of sulfonamides is 1. The highest BCUT2D eigenvalue weighted by Gasteiger charge is 2.45. The third-order valence-electron chi connectivity index (χ3n) is 5.60. The van der Waals surface area contributed by atoms with Gasteiger partial charge >= 0.3 is 5.76 Å². The number of carbonyl (C=O) groups is 1. The lowest BCUT2D eigenvalue weighted by molar-refractivity contribution is -0.132. The Morgan fingerprint density at radius 2 is 2.04 bits per heavy atom. The molecule has 0 radical (unpaired) electrons. The molecule has 1 spiro atoms. The van der Waals surface area contributed by atoms with Crippen molar-refractivity contribution < 1.29 is 17.6 Å². The summed E-state index contributed by atoms with van der Waals surface area (Å²) in [5.41, 5.74) is 0.0771. The Hall–Kier alpha value is -2.39. The summed E-state index contributed by atoms with van der Waals surface area (Å²) in [6.45, 7) is 4.21. The molecular weight excluding hydrogens is 382 g/mol. The minimum absolute atomic E-state index is 0.0634. The number of benzene rings is 1. The molecule has 2 aliphatic rings. The molecule has 1 saturated heterocycles. The normalized spacial score (nSPS) is 23.6. The van der Waals surface area contributed by atoms with E-state index in [0.29, 0.717) is 31.3 Å². The van der Waals surface area contributed by atoms with Crippen molar-refractivity contribution in [3.63, 3.8) is 0 Å². The van der Waals surface area contributed by atoms with Crippen LogP contribution in [0.5, 0.6) is 0 Å². The van der Waals surface area contributed by atoms with Crippen molar-refractivity contribution >= 4 is 27.0 Å². The van der Waals surface area contributed by atoms with Gasteiger partial charge in [0.2, 0.25) is 15.9 Å². The summed E-state index contributed by atoms with van der Waals surface area (Å²) in [5, 5.41) is 2.70. The van der Waals surface area contributed by atoms with Crippen LogP contribution in [0.2, 0.25) is 0 Å². The highest BCUT2D eigenvalue weighted by Crippen LogP contribution is 2.38. The van der Waals surface area contributed by atoms with Crippen molar-refractivity contribution in [2.45, 2.75) is 44.0 Å². The van der Waals surface area contributed by atoms with Crippen LogP contribution < -0.4 is 11.1 Å². The number of nitrogens with one attached hydrogen (secondary N) is 1. The molecule has 0 saturated carbocycles. The maximum absolute atomic E-state index is 13.2. The first kappa shape index (κ1) is 18.9. The molecule has 1 amide bonds. The SMILES string of the molecule is CC(C)n1c(=O)oc2cc(S(=O)(=O)N3CCC[C@]4(CC=CNC4=O)C3)ccc21. The Morgan fingerprint density at radius 1 is 1.25 bits per heavy atom. The maximum atomic E-state index is 13.2. The number of nitrogens with zero attached hydrogens (tertiary/aromatic N) is 2. The van der Waals surface area contributed by atoms with Gasteiger partial charge in [-0.1, -0.05) is 6.08 Å². The standard InChI is InChI=1S/C19H23N3O5S/c1-13(2)22-15-6-5-14(11-16(15)27-18(22)24)28(25,26)21-10-4-8-19(12-21)7-3-9-20-17(19)23/h3,5-6,9,11,13H,4,7-8,10,12H2,1-2H3,(H,20,23)/t19-/m1/s1. The monoisotopic (exact) mass is 405 g/mol. The maximum Gasteiger partial charge on any atom is 0.420 e. The van der Waals surface area contributed by atoms with Gasteiger partial charge in [-0.15, -0.1) is 0 Å². The van der Waals surface area contributed by atoms with Gasteiger partial charge in [-0.05, 0) is 51.4 Å². The molecule has 8 nitrogen and oxygen atoms in total. The van der Waals surface area contributed by atoms with E-state index in [4.69, 9.17) is 4.42 Å². The van der Waals surface area contributed by atoms with E-state index in [1.807, 2.05) is 19.9 Å². The molecule has 9 heteroatoms. The topological polar surface area (TPSA) is 102 Å². The molecule has 4 rings (SSSR count). The number of aromatic nitrogens is 1. The van der Waals surface area contributed by atoms with Gasteiger partial charge in [0.1, 0.15) is 0 Å². The molecule has 1 atom stereocenters. The summed E-state index contributed by atoms with van der Waals surface area (Å²) in [6, 6.07) is 4.39. The molecule has 150 valence electrons. The first-order valence-electron chi connectivity index (χ1n) is 9.36. The summed E-state index contributed by atoms with van der Waals surface area (Å²) in [7, 11) is -3.82. The second kappa shape index (κ2) is 6.59. The lowest BCUT2D eigenvalue weighted by atomic mass is 9.76. The molecular formula is C19H23N3O5S. The van der Waals surface area contributed by atoms with Gasteiger partial charge in [0.25, 0.3) is 0 Å². The summed E-state index contributed by atoms with van der Waals surface area (Å²) in [6.07, 6.45) is 5.26. The van der Waals surface area contributed by atoms with Crippen LogP contribution in [0.1, 0.15) is 39.2 Å². The zero-order valence-electron chi connectivity index (χ0n) is 15.8. The van der Waals surface area contributed by atoms with Crippen LogP contribution in [0, 0.1) is 5.41 Å². The zero-order valence-corrected chi connectivity index (χ0v) is 16.7. The number of allylic oxidation sites excluding steroid dienone is 1. The smallest absolute Gasteiger partial charge is 0.408 e. The van der Waals surface area contributed by atoms with Crippen molar-refractivity contribution in [2.75, 3.05) is 13.1 Å². The molecule has 1 N–H and O–H groups in total. The molecule has 2 aromatic rings. The molecule has 0 aliphatic carbocycles. The van der Waals surface area contributed by atoms with Gasteiger partial charge < -0.3 is 9.73 Å². The number of amides is 1. The highest BCUT2D eigenvalue weighted by molar-refractivity contribution is 7.89. The quantitative estimate of drug-likeness (QED) is 0.841. The minimum atomic E-state index is -3.82. The number of fused-ring (bicyclic) bond motifs is 1. The Morgan fingerprint density at radius 3 is 2.75 bits per heavy atom. The number of piperidine rings is 1. The fourth-order valence-electron chi connectivity index (χ4n) is 4.13. The second-order valence-corrected chi connectivity index (χ2v) is 9.70. The lowest BCUT2D eigenvalue weighted by Crippen LogP contribution is -2.53. The van der Waals surface area contributed by atoms with Gasteiger partial charge in [0.05, 0.1) is 15.8 Å². The van der Waals surface area contributed by atoms with Gasteiger partial charge in [-0.3, -0.25) is 9.36 Å². The van der Waals surface area contributed by atoms with E-state index < -0.39 is 21.2 Å². The molecule has 1 aromatic heterocycles. The van der Waals surface area contributed by atoms with Crippen molar-refractivity contribution in [1.82, 2.24) is 14.2 Å².